The van der Waals surface area contributed by atoms with Crippen molar-refractivity contribution in [3.8, 4) is 0 Å². The summed E-state index contributed by atoms with van der Waals surface area (Å²) in [5, 5.41) is 10.4. The minimum absolute atomic E-state index is 0.113. The fourth-order valence-corrected chi connectivity index (χ4v) is 1.28. The van der Waals surface area contributed by atoms with Crippen LogP contribution in [0, 0.1) is 10.1 Å². The molecule has 5 heteroatoms. The highest BCUT2D eigenvalue weighted by molar-refractivity contribution is 7.80. The molecule has 3 nitrogen and oxygen atoms in total. The third-order valence-electron chi connectivity index (χ3n) is 1.15. The van der Waals surface area contributed by atoms with Crippen LogP contribution in [0.4, 0.5) is 5.69 Å². The first-order chi connectivity index (χ1) is 5.13. The molecule has 11 heavy (non-hydrogen) atoms. The maximum Gasteiger partial charge on any atom is 0.301 e. The second kappa shape index (κ2) is 3.11. The van der Waals surface area contributed by atoms with Crippen molar-refractivity contribution in [3.63, 3.8) is 0 Å². The van der Waals surface area contributed by atoms with E-state index in [0.29, 0.717) is 0 Å². The molecule has 1 rings (SSSR count). The SMILES string of the molecule is O=[N+]([O-])c1c(S)cccc1Cl. The molecule has 0 saturated carbocycles. The van der Waals surface area contributed by atoms with Gasteiger partial charge in [-0.3, -0.25) is 10.1 Å². The molecule has 0 atom stereocenters. The first-order valence-electron chi connectivity index (χ1n) is 2.75. The standard InChI is InChI=1S/C6H4ClNO2S/c7-4-2-1-3-5(11)6(4)8(9)10/h1-3,11H. The van der Waals surface area contributed by atoms with Crippen LogP contribution in [0.5, 0.6) is 0 Å². The third-order valence-corrected chi connectivity index (χ3v) is 1.81. The molecule has 0 aliphatic carbocycles. The van der Waals surface area contributed by atoms with E-state index in [1.807, 2.05) is 0 Å². The zero-order chi connectivity index (χ0) is 8.43. The van der Waals surface area contributed by atoms with Crippen LogP contribution in [0.2, 0.25) is 5.02 Å². The highest BCUT2D eigenvalue weighted by Crippen LogP contribution is 2.30. The van der Waals surface area contributed by atoms with E-state index in [-0.39, 0.29) is 15.6 Å². The molecule has 0 spiro atoms. The molecule has 1 aromatic rings. The molecule has 0 amide bonds. The van der Waals surface area contributed by atoms with Crippen molar-refractivity contribution in [2.24, 2.45) is 0 Å². The predicted molar refractivity (Wildman–Crippen MR) is 45.4 cm³/mol. The predicted octanol–water partition coefficient (Wildman–Crippen LogP) is 2.54. The number of nitrogens with zero attached hydrogens (tertiary/aromatic N) is 1. The topological polar surface area (TPSA) is 43.1 Å². The molecule has 0 heterocycles. The molecule has 0 N–H and O–H groups in total. The lowest BCUT2D eigenvalue weighted by molar-refractivity contribution is -0.387. The van der Waals surface area contributed by atoms with Crippen molar-refractivity contribution >= 4 is 29.9 Å². The van der Waals surface area contributed by atoms with Gasteiger partial charge in [-0.2, -0.15) is 0 Å². The fraction of sp³-hybridized carbons (Fsp3) is 0. The first-order valence-corrected chi connectivity index (χ1v) is 3.57. The summed E-state index contributed by atoms with van der Waals surface area (Å²) in [6.07, 6.45) is 0. The van der Waals surface area contributed by atoms with Crippen LogP contribution >= 0.6 is 24.2 Å². The number of halogens is 1. The smallest absolute Gasteiger partial charge is 0.258 e. The van der Waals surface area contributed by atoms with E-state index in [1.54, 1.807) is 6.07 Å². The summed E-state index contributed by atoms with van der Waals surface area (Å²) in [5.74, 6) is 0. The van der Waals surface area contributed by atoms with Gasteiger partial charge in [0.1, 0.15) is 5.02 Å². The largest absolute Gasteiger partial charge is 0.301 e. The minimum Gasteiger partial charge on any atom is -0.258 e. The van der Waals surface area contributed by atoms with Gasteiger partial charge >= 0.3 is 5.69 Å². The van der Waals surface area contributed by atoms with Gasteiger partial charge in [0, 0.05) is 0 Å². The highest BCUT2D eigenvalue weighted by atomic mass is 35.5. The van der Waals surface area contributed by atoms with E-state index in [4.69, 9.17) is 11.6 Å². The van der Waals surface area contributed by atoms with E-state index < -0.39 is 4.92 Å². The third kappa shape index (κ3) is 1.64. The van der Waals surface area contributed by atoms with Crippen LogP contribution in [-0.2, 0) is 0 Å². The van der Waals surface area contributed by atoms with Crippen LogP contribution in [0.1, 0.15) is 0 Å². The van der Waals surface area contributed by atoms with Gasteiger partial charge < -0.3 is 0 Å². The summed E-state index contributed by atoms with van der Waals surface area (Å²) in [5.41, 5.74) is -0.141. The zero-order valence-electron chi connectivity index (χ0n) is 5.32. The summed E-state index contributed by atoms with van der Waals surface area (Å²) in [4.78, 5) is 10.0. The van der Waals surface area contributed by atoms with Gasteiger partial charge in [-0.25, -0.2) is 0 Å². The van der Waals surface area contributed by atoms with E-state index in [9.17, 15) is 10.1 Å². The summed E-state index contributed by atoms with van der Waals surface area (Å²) in [6.45, 7) is 0. The van der Waals surface area contributed by atoms with Crippen molar-refractivity contribution in [3.05, 3.63) is 33.3 Å². The lowest BCUT2D eigenvalue weighted by Crippen LogP contribution is -1.89. The Morgan fingerprint density at radius 2 is 2.18 bits per heavy atom. The molecule has 0 saturated heterocycles. The van der Waals surface area contributed by atoms with Gasteiger partial charge in [0.2, 0.25) is 0 Å². The Bertz CT molecular complexity index is 282. The molecule has 0 radical (unpaired) electrons. The van der Waals surface area contributed by atoms with Gasteiger partial charge in [-0.15, -0.1) is 12.6 Å². The summed E-state index contributed by atoms with van der Waals surface area (Å²) in [7, 11) is 0. The lowest BCUT2D eigenvalue weighted by Gasteiger charge is -1.95. The molecular formula is C6H4ClNO2S. The lowest BCUT2D eigenvalue weighted by atomic mass is 10.3. The number of nitro benzene ring substituents is 1. The van der Waals surface area contributed by atoms with E-state index >= 15 is 0 Å². The Morgan fingerprint density at radius 1 is 1.55 bits per heavy atom. The Balaban J connectivity index is 3.32. The molecule has 58 valence electrons. The first kappa shape index (κ1) is 8.36. The van der Waals surface area contributed by atoms with E-state index in [0.717, 1.165) is 0 Å². The van der Waals surface area contributed by atoms with Crippen molar-refractivity contribution in [1.29, 1.82) is 0 Å². The van der Waals surface area contributed by atoms with Crippen LogP contribution in [0.25, 0.3) is 0 Å². The summed E-state index contributed by atoms with van der Waals surface area (Å²) in [6, 6.07) is 4.59. The monoisotopic (exact) mass is 189 g/mol. The molecule has 0 fully saturated rings. The van der Waals surface area contributed by atoms with Gasteiger partial charge in [0.15, 0.2) is 0 Å². The Hall–Kier alpha value is -0.740. The van der Waals surface area contributed by atoms with Crippen molar-refractivity contribution < 1.29 is 4.92 Å². The maximum absolute atomic E-state index is 10.3. The number of hydrogen-bond acceptors (Lipinski definition) is 3. The number of rotatable bonds is 1. The van der Waals surface area contributed by atoms with E-state index in [1.165, 1.54) is 12.1 Å². The molecule has 0 aliphatic rings. The quantitative estimate of drug-likeness (QED) is 0.419. The number of benzene rings is 1. The molecule has 1 aromatic carbocycles. The number of nitro groups is 1. The Labute approximate surface area is 73.5 Å². The molecule has 0 aromatic heterocycles. The van der Waals surface area contributed by atoms with Crippen LogP contribution < -0.4 is 0 Å². The minimum atomic E-state index is -0.551. The number of thiol groups is 1. The summed E-state index contributed by atoms with van der Waals surface area (Å²) >= 11 is 9.41. The highest BCUT2D eigenvalue weighted by Gasteiger charge is 2.14. The number of para-hydroxylation sites is 1. The fourth-order valence-electron chi connectivity index (χ4n) is 0.685. The average molecular weight is 190 g/mol. The number of hydrogen-bond donors (Lipinski definition) is 1. The van der Waals surface area contributed by atoms with Crippen molar-refractivity contribution in [2.45, 2.75) is 4.90 Å². The van der Waals surface area contributed by atoms with Gasteiger partial charge in [0.25, 0.3) is 0 Å². The maximum atomic E-state index is 10.3. The van der Waals surface area contributed by atoms with Crippen molar-refractivity contribution in [1.82, 2.24) is 0 Å². The van der Waals surface area contributed by atoms with Crippen LogP contribution in [0.3, 0.4) is 0 Å². The van der Waals surface area contributed by atoms with Gasteiger partial charge in [-0.05, 0) is 12.1 Å². The normalized spacial score (nSPS) is 9.64. The van der Waals surface area contributed by atoms with Crippen molar-refractivity contribution in [2.75, 3.05) is 0 Å². The molecule has 0 unspecified atom stereocenters. The van der Waals surface area contributed by atoms with Crippen LogP contribution in [-0.4, -0.2) is 4.92 Å². The second-order valence-corrected chi connectivity index (χ2v) is 2.75. The van der Waals surface area contributed by atoms with Gasteiger partial charge in [-0.1, -0.05) is 17.7 Å². The molecule has 0 bridgehead atoms. The molecular weight excluding hydrogens is 186 g/mol. The zero-order valence-corrected chi connectivity index (χ0v) is 6.97. The molecule has 0 aliphatic heterocycles. The summed E-state index contributed by atoms with van der Waals surface area (Å²) < 4.78 is 0. The van der Waals surface area contributed by atoms with Crippen LogP contribution in [0.15, 0.2) is 23.1 Å². The second-order valence-electron chi connectivity index (χ2n) is 1.86. The Morgan fingerprint density at radius 3 is 2.55 bits per heavy atom. The average Bonchev–Trinajstić information content (AvgIpc) is 1.85. The van der Waals surface area contributed by atoms with E-state index in [2.05, 4.69) is 12.6 Å². The Kier molecular flexibility index (Phi) is 2.36. The van der Waals surface area contributed by atoms with Gasteiger partial charge in [0.05, 0.1) is 9.82 Å².